The van der Waals surface area contributed by atoms with E-state index in [1.54, 1.807) is 24.3 Å². The normalized spacial score (nSPS) is 17.7. The van der Waals surface area contributed by atoms with Gasteiger partial charge in [-0.05, 0) is 45.0 Å². The Labute approximate surface area is 182 Å². The highest BCUT2D eigenvalue weighted by Crippen LogP contribution is 2.42. The summed E-state index contributed by atoms with van der Waals surface area (Å²) in [5.41, 5.74) is 1.07. The molecule has 1 N–H and O–H groups in total. The number of carbonyl (C=O) groups is 1. The van der Waals surface area contributed by atoms with Crippen LogP contribution in [0.3, 0.4) is 0 Å². The summed E-state index contributed by atoms with van der Waals surface area (Å²) in [6.45, 7) is 5.63. The molecule has 0 bridgehead atoms. The topological polar surface area (TPSA) is 69.7 Å². The van der Waals surface area contributed by atoms with Gasteiger partial charge in [0, 0.05) is 35.3 Å². The first-order chi connectivity index (χ1) is 15.1. The van der Waals surface area contributed by atoms with Crippen LogP contribution in [-0.2, 0) is 4.79 Å². The number of hydrogen-bond donors (Lipinski definition) is 1. The lowest BCUT2D eigenvalue weighted by Crippen LogP contribution is -2.37. The fraction of sp³-hybridized carbons (Fsp3) is 0.304. The minimum Gasteiger partial charge on any atom is -0.489 e. The van der Waals surface area contributed by atoms with Gasteiger partial charge < -0.3 is 19.5 Å². The Kier molecular flexibility index (Phi) is 5.58. The minimum atomic E-state index is -4.78. The standard InChI is InChI=1S/C23H21F3N2O4/c1-12(2)28-22(29)21-13(3)30-20-11-14(4-7-17(20)21)31-19-8-9-27-18-10-15(5-6-16(18)19)32-23(24,25)26/h4-13,21H,1-3H3,(H,28,29). The molecule has 4 rings (SSSR count). The van der Waals surface area contributed by atoms with Crippen LogP contribution in [0.25, 0.3) is 10.9 Å². The quantitative estimate of drug-likeness (QED) is 0.575. The van der Waals surface area contributed by atoms with Crippen molar-refractivity contribution in [3.8, 4) is 23.0 Å². The van der Waals surface area contributed by atoms with Gasteiger partial charge in [0.15, 0.2) is 0 Å². The number of ether oxygens (including phenoxy) is 3. The fourth-order valence-corrected chi connectivity index (χ4v) is 3.70. The van der Waals surface area contributed by atoms with Gasteiger partial charge in [0.05, 0.1) is 5.52 Å². The molecule has 2 atom stereocenters. The summed E-state index contributed by atoms with van der Waals surface area (Å²) in [7, 11) is 0. The van der Waals surface area contributed by atoms with E-state index in [9.17, 15) is 18.0 Å². The van der Waals surface area contributed by atoms with E-state index in [4.69, 9.17) is 9.47 Å². The molecule has 9 heteroatoms. The molecular formula is C23H21F3N2O4. The third kappa shape index (κ3) is 4.56. The van der Waals surface area contributed by atoms with Crippen molar-refractivity contribution in [3.05, 3.63) is 54.2 Å². The number of nitrogens with one attached hydrogen (secondary N) is 1. The zero-order chi connectivity index (χ0) is 23.0. The molecular weight excluding hydrogens is 425 g/mol. The van der Waals surface area contributed by atoms with Crippen molar-refractivity contribution in [2.45, 2.75) is 45.2 Å². The van der Waals surface area contributed by atoms with Gasteiger partial charge in [-0.3, -0.25) is 9.78 Å². The van der Waals surface area contributed by atoms with E-state index < -0.39 is 12.3 Å². The molecule has 0 aliphatic carbocycles. The zero-order valence-electron chi connectivity index (χ0n) is 17.6. The van der Waals surface area contributed by atoms with Crippen LogP contribution in [0, 0.1) is 0 Å². The average Bonchev–Trinajstić information content (AvgIpc) is 3.01. The van der Waals surface area contributed by atoms with Crippen LogP contribution in [0.2, 0.25) is 0 Å². The number of hydrogen-bond acceptors (Lipinski definition) is 5. The molecule has 2 aromatic carbocycles. The number of pyridine rings is 1. The van der Waals surface area contributed by atoms with Crippen LogP contribution in [0.5, 0.6) is 23.0 Å². The summed E-state index contributed by atoms with van der Waals surface area (Å²) in [5.74, 6) is 0.545. The number of amides is 1. The van der Waals surface area contributed by atoms with Crippen LogP contribution in [0.4, 0.5) is 13.2 Å². The summed E-state index contributed by atoms with van der Waals surface area (Å²) in [6.07, 6.45) is -3.67. The van der Waals surface area contributed by atoms with Crippen molar-refractivity contribution in [2.75, 3.05) is 0 Å². The number of alkyl halides is 3. The van der Waals surface area contributed by atoms with Gasteiger partial charge in [0.25, 0.3) is 0 Å². The smallest absolute Gasteiger partial charge is 0.489 e. The molecule has 2 unspecified atom stereocenters. The first-order valence-electron chi connectivity index (χ1n) is 10.0. The monoisotopic (exact) mass is 446 g/mol. The maximum absolute atomic E-state index is 12.6. The Hall–Kier alpha value is -3.49. The predicted octanol–water partition coefficient (Wildman–Crippen LogP) is 5.31. The number of aromatic nitrogens is 1. The number of benzene rings is 2. The zero-order valence-corrected chi connectivity index (χ0v) is 17.6. The second-order valence-electron chi connectivity index (χ2n) is 7.80. The molecule has 2 heterocycles. The van der Waals surface area contributed by atoms with Gasteiger partial charge in [0.2, 0.25) is 5.91 Å². The second kappa shape index (κ2) is 8.22. The van der Waals surface area contributed by atoms with E-state index in [1.807, 2.05) is 20.8 Å². The van der Waals surface area contributed by atoms with Crippen LogP contribution < -0.4 is 19.5 Å². The minimum absolute atomic E-state index is 0.0170. The number of nitrogens with zero attached hydrogens (tertiary/aromatic N) is 1. The van der Waals surface area contributed by atoms with Crippen LogP contribution in [0.15, 0.2) is 48.7 Å². The van der Waals surface area contributed by atoms with Crippen molar-refractivity contribution < 1.29 is 32.2 Å². The lowest BCUT2D eigenvalue weighted by atomic mass is 9.95. The van der Waals surface area contributed by atoms with Crippen LogP contribution in [0.1, 0.15) is 32.3 Å². The molecule has 0 saturated carbocycles. The first kappa shape index (κ1) is 21.7. The van der Waals surface area contributed by atoms with E-state index in [0.717, 1.165) is 5.56 Å². The fourth-order valence-electron chi connectivity index (χ4n) is 3.70. The van der Waals surface area contributed by atoms with Gasteiger partial charge in [-0.1, -0.05) is 6.07 Å². The lowest BCUT2D eigenvalue weighted by molar-refractivity contribution is -0.274. The van der Waals surface area contributed by atoms with Crippen LogP contribution in [-0.4, -0.2) is 29.4 Å². The Morgan fingerprint density at radius 3 is 2.59 bits per heavy atom. The third-order valence-electron chi connectivity index (χ3n) is 4.95. The van der Waals surface area contributed by atoms with E-state index in [1.165, 1.54) is 24.4 Å². The van der Waals surface area contributed by atoms with Crippen molar-refractivity contribution in [2.24, 2.45) is 0 Å². The molecule has 32 heavy (non-hydrogen) atoms. The van der Waals surface area contributed by atoms with Crippen molar-refractivity contribution in [3.63, 3.8) is 0 Å². The Bertz CT molecular complexity index is 1160. The predicted molar refractivity (Wildman–Crippen MR) is 111 cm³/mol. The van der Waals surface area contributed by atoms with Crippen molar-refractivity contribution in [1.82, 2.24) is 10.3 Å². The maximum Gasteiger partial charge on any atom is 0.573 e. The van der Waals surface area contributed by atoms with E-state index >= 15 is 0 Å². The molecule has 0 radical (unpaired) electrons. The molecule has 168 valence electrons. The van der Waals surface area contributed by atoms with E-state index in [0.29, 0.717) is 28.2 Å². The molecule has 1 aliphatic rings. The molecule has 1 aliphatic heterocycles. The van der Waals surface area contributed by atoms with Gasteiger partial charge in [-0.2, -0.15) is 0 Å². The molecule has 0 spiro atoms. The van der Waals surface area contributed by atoms with Crippen LogP contribution >= 0.6 is 0 Å². The summed E-state index contributed by atoms with van der Waals surface area (Å²) in [4.78, 5) is 16.7. The largest absolute Gasteiger partial charge is 0.573 e. The maximum atomic E-state index is 12.6. The number of rotatable bonds is 5. The highest BCUT2D eigenvalue weighted by Gasteiger charge is 2.37. The molecule has 1 amide bonds. The SMILES string of the molecule is CC(C)NC(=O)C1c2ccc(Oc3ccnc4cc(OC(F)(F)F)ccc34)cc2OC1C. The van der Waals surface area contributed by atoms with Gasteiger partial charge in [0.1, 0.15) is 35.0 Å². The number of halogens is 3. The molecule has 1 aromatic heterocycles. The first-order valence-corrected chi connectivity index (χ1v) is 10.0. The summed E-state index contributed by atoms with van der Waals surface area (Å²) in [6, 6.07) is 10.7. The average molecular weight is 446 g/mol. The molecule has 6 nitrogen and oxygen atoms in total. The highest BCUT2D eigenvalue weighted by atomic mass is 19.4. The summed E-state index contributed by atoms with van der Waals surface area (Å²) < 4.78 is 53.2. The van der Waals surface area contributed by atoms with Gasteiger partial charge in [-0.25, -0.2) is 0 Å². The third-order valence-corrected chi connectivity index (χ3v) is 4.95. The number of fused-ring (bicyclic) bond motifs is 2. The van der Waals surface area contributed by atoms with Gasteiger partial charge >= 0.3 is 6.36 Å². The Morgan fingerprint density at radius 1 is 1.12 bits per heavy atom. The molecule has 0 saturated heterocycles. The second-order valence-corrected chi connectivity index (χ2v) is 7.80. The van der Waals surface area contributed by atoms with Crippen molar-refractivity contribution >= 4 is 16.8 Å². The van der Waals surface area contributed by atoms with Crippen molar-refractivity contribution in [1.29, 1.82) is 0 Å². The molecule has 0 fully saturated rings. The van der Waals surface area contributed by atoms with E-state index in [2.05, 4.69) is 15.0 Å². The van der Waals surface area contributed by atoms with E-state index in [-0.39, 0.29) is 23.8 Å². The van der Waals surface area contributed by atoms with Gasteiger partial charge in [-0.15, -0.1) is 13.2 Å². The Balaban J connectivity index is 1.59. The summed E-state index contributed by atoms with van der Waals surface area (Å²) in [5, 5.41) is 3.43. The lowest BCUT2D eigenvalue weighted by Gasteiger charge is -2.16. The Morgan fingerprint density at radius 2 is 1.88 bits per heavy atom. The number of carbonyl (C=O) groups excluding carboxylic acids is 1. The summed E-state index contributed by atoms with van der Waals surface area (Å²) >= 11 is 0. The highest BCUT2D eigenvalue weighted by molar-refractivity contribution is 5.87. The molecule has 3 aromatic rings.